The minimum Gasteiger partial charge on any atom is -0.465 e. The molecule has 4 nitrogen and oxygen atoms in total. The largest absolute Gasteiger partial charge is 0.465 e. The number of carbonyl (C=O) groups is 1. The van der Waals surface area contributed by atoms with Gasteiger partial charge in [-0.25, -0.2) is 9.18 Å². The third kappa shape index (κ3) is 2.87. The van der Waals surface area contributed by atoms with E-state index >= 15 is 0 Å². The van der Waals surface area contributed by atoms with Gasteiger partial charge in [0.25, 0.3) is 0 Å². The third-order valence-corrected chi connectivity index (χ3v) is 3.67. The van der Waals surface area contributed by atoms with Crippen molar-refractivity contribution in [3.8, 4) is 0 Å². The summed E-state index contributed by atoms with van der Waals surface area (Å²) < 4.78 is 18.5. The molecule has 0 amide bonds. The second-order valence-electron chi connectivity index (χ2n) is 4.79. The Morgan fingerprint density at radius 2 is 2.16 bits per heavy atom. The van der Waals surface area contributed by atoms with Gasteiger partial charge in [-0.15, -0.1) is 0 Å². The van der Waals surface area contributed by atoms with Crippen molar-refractivity contribution in [3.63, 3.8) is 0 Å². The SMILES string of the molecule is COC(=O)c1c(F)cccc1N1CCC(CN)CC1. The molecule has 1 saturated heterocycles. The van der Waals surface area contributed by atoms with Gasteiger partial charge in [0.05, 0.1) is 12.8 Å². The number of carbonyl (C=O) groups excluding carboxylic acids is 1. The number of nitrogens with zero attached hydrogens (tertiary/aromatic N) is 1. The number of halogens is 1. The maximum absolute atomic E-state index is 13.8. The Balaban J connectivity index is 2.25. The number of piperidine rings is 1. The standard InChI is InChI=1S/C14H19FN2O2/c1-19-14(18)13-11(15)3-2-4-12(13)17-7-5-10(9-16)6-8-17/h2-4,10H,5-9,16H2,1H3. The molecule has 2 rings (SSSR count). The lowest BCUT2D eigenvalue weighted by atomic mass is 9.96. The number of hydrogen-bond acceptors (Lipinski definition) is 4. The van der Waals surface area contributed by atoms with Crippen molar-refractivity contribution in [2.75, 3.05) is 31.6 Å². The molecule has 5 heteroatoms. The summed E-state index contributed by atoms with van der Waals surface area (Å²) in [7, 11) is 1.26. The van der Waals surface area contributed by atoms with Crippen LogP contribution in [0.25, 0.3) is 0 Å². The third-order valence-electron chi connectivity index (χ3n) is 3.67. The summed E-state index contributed by atoms with van der Waals surface area (Å²) in [6, 6.07) is 4.66. The van der Waals surface area contributed by atoms with Gasteiger partial charge >= 0.3 is 5.97 Å². The Kier molecular flexibility index (Phi) is 4.37. The highest BCUT2D eigenvalue weighted by Gasteiger charge is 2.24. The van der Waals surface area contributed by atoms with Crippen LogP contribution < -0.4 is 10.6 Å². The number of esters is 1. The molecular weight excluding hydrogens is 247 g/mol. The van der Waals surface area contributed by atoms with E-state index in [9.17, 15) is 9.18 Å². The quantitative estimate of drug-likeness (QED) is 0.847. The fourth-order valence-electron chi connectivity index (χ4n) is 2.49. The van der Waals surface area contributed by atoms with E-state index in [1.807, 2.05) is 4.90 Å². The molecule has 0 unspecified atom stereocenters. The van der Waals surface area contributed by atoms with Gasteiger partial charge in [0.2, 0.25) is 0 Å². The molecule has 0 bridgehead atoms. The molecular formula is C14H19FN2O2. The van der Waals surface area contributed by atoms with Gasteiger partial charge in [0.1, 0.15) is 11.4 Å². The Bertz CT molecular complexity index is 457. The zero-order chi connectivity index (χ0) is 13.8. The number of anilines is 1. The second-order valence-corrected chi connectivity index (χ2v) is 4.79. The number of rotatable bonds is 3. The average Bonchev–Trinajstić information content (AvgIpc) is 2.46. The monoisotopic (exact) mass is 266 g/mol. The highest BCUT2D eigenvalue weighted by atomic mass is 19.1. The molecule has 0 saturated carbocycles. The molecule has 0 atom stereocenters. The molecule has 1 fully saturated rings. The van der Waals surface area contributed by atoms with Crippen LogP contribution in [-0.4, -0.2) is 32.7 Å². The van der Waals surface area contributed by atoms with Gasteiger partial charge in [0, 0.05) is 13.1 Å². The molecule has 1 aliphatic heterocycles. The Hall–Kier alpha value is -1.62. The van der Waals surface area contributed by atoms with Crippen LogP contribution >= 0.6 is 0 Å². The van der Waals surface area contributed by atoms with Crippen molar-refractivity contribution >= 4 is 11.7 Å². The maximum atomic E-state index is 13.8. The van der Waals surface area contributed by atoms with Crippen molar-refractivity contribution in [3.05, 3.63) is 29.6 Å². The zero-order valence-corrected chi connectivity index (χ0v) is 11.1. The Morgan fingerprint density at radius 3 is 2.74 bits per heavy atom. The van der Waals surface area contributed by atoms with Crippen LogP contribution in [0, 0.1) is 11.7 Å². The van der Waals surface area contributed by atoms with Gasteiger partial charge in [0.15, 0.2) is 0 Å². The molecule has 1 aliphatic rings. The lowest BCUT2D eigenvalue weighted by Gasteiger charge is -2.34. The summed E-state index contributed by atoms with van der Waals surface area (Å²) >= 11 is 0. The molecule has 19 heavy (non-hydrogen) atoms. The smallest absolute Gasteiger partial charge is 0.342 e. The molecule has 2 N–H and O–H groups in total. The molecule has 1 heterocycles. The Morgan fingerprint density at radius 1 is 1.47 bits per heavy atom. The van der Waals surface area contributed by atoms with Gasteiger partial charge in [-0.1, -0.05) is 6.07 Å². The highest BCUT2D eigenvalue weighted by molar-refractivity contribution is 5.96. The first-order chi connectivity index (χ1) is 9.17. The number of nitrogens with two attached hydrogens (primary N) is 1. The maximum Gasteiger partial charge on any atom is 0.342 e. The summed E-state index contributed by atoms with van der Waals surface area (Å²) in [6.07, 6.45) is 1.93. The predicted molar refractivity (Wildman–Crippen MR) is 71.7 cm³/mol. The minimum absolute atomic E-state index is 0.0243. The second kappa shape index (κ2) is 6.02. The summed E-state index contributed by atoms with van der Waals surface area (Å²) in [5, 5.41) is 0. The van der Waals surface area contributed by atoms with E-state index in [-0.39, 0.29) is 5.56 Å². The fraction of sp³-hybridized carbons (Fsp3) is 0.500. The lowest BCUT2D eigenvalue weighted by molar-refractivity contribution is 0.0596. The number of methoxy groups -OCH3 is 1. The van der Waals surface area contributed by atoms with E-state index in [1.54, 1.807) is 12.1 Å². The fourth-order valence-corrected chi connectivity index (χ4v) is 2.49. The molecule has 0 spiro atoms. The van der Waals surface area contributed by atoms with Gasteiger partial charge in [-0.05, 0) is 37.4 Å². The molecule has 1 aromatic rings. The van der Waals surface area contributed by atoms with Crippen LogP contribution in [0.3, 0.4) is 0 Å². The first kappa shape index (κ1) is 13.8. The van der Waals surface area contributed by atoms with Crippen molar-refractivity contribution in [2.45, 2.75) is 12.8 Å². The average molecular weight is 266 g/mol. The van der Waals surface area contributed by atoms with E-state index in [2.05, 4.69) is 4.74 Å². The van der Waals surface area contributed by atoms with Crippen LogP contribution in [-0.2, 0) is 4.74 Å². The minimum atomic E-state index is -0.631. The lowest BCUT2D eigenvalue weighted by Crippen LogP contribution is -2.37. The topological polar surface area (TPSA) is 55.6 Å². The normalized spacial score (nSPS) is 16.5. The van der Waals surface area contributed by atoms with Gasteiger partial charge in [-0.3, -0.25) is 0 Å². The van der Waals surface area contributed by atoms with E-state index in [0.29, 0.717) is 18.2 Å². The zero-order valence-electron chi connectivity index (χ0n) is 11.1. The first-order valence-corrected chi connectivity index (χ1v) is 6.49. The van der Waals surface area contributed by atoms with Crippen molar-refractivity contribution < 1.29 is 13.9 Å². The van der Waals surface area contributed by atoms with Gasteiger partial charge in [-0.2, -0.15) is 0 Å². The van der Waals surface area contributed by atoms with Crippen LogP contribution in [0.4, 0.5) is 10.1 Å². The van der Waals surface area contributed by atoms with Crippen molar-refractivity contribution in [1.29, 1.82) is 0 Å². The summed E-state index contributed by atoms with van der Waals surface area (Å²) in [5.74, 6) is -0.647. The van der Waals surface area contributed by atoms with Crippen LogP contribution in [0.1, 0.15) is 23.2 Å². The number of hydrogen-bond donors (Lipinski definition) is 1. The number of benzene rings is 1. The van der Waals surface area contributed by atoms with E-state index < -0.39 is 11.8 Å². The molecule has 0 radical (unpaired) electrons. The Labute approximate surface area is 112 Å². The summed E-state index contributed by atoms with van der Waals surface area (Å²) in [4.78, 5) is 13.7. The molecule has 0 aromatic heterocycles. The van der Waals surface area contributed by atoms with Crippen LogP contribution in [0.5, 0.6) is 0 Å². The van der Waals surface area contributed by atoms with Gasteiger partial charge < -0.3 is 15.4 Å². The van der Waals surface area contributed by atoms with Crippen LogP contribution in [0.15, 0.2) is 18.2 Å². The van der Waals surface area contributed by atoms with Crippen molar-refractivity contribution in [2.24, 2.45) is 11.7 Å². The summed E-state index contributed by atoms with van der Waals surface area (Å²) in [6.45, 7) is 2.26. The molecule has 104 valence electrons. The highest BCUT2D eigenvalue weighted by Crippen LogP contribution is 2.28. The number of ether oxygens (including phenoxy) is 1. The summed E-state index contributed by atoms with van der Waals surface area (Å²) in [5.41, 5.74) is 6.30. The van der Waals surface area contributed by atoms with E-state index in [4.69, 9.17) is 5.73 Å². The van der Waals surface area contributed by atoms with Crippen molar-refractivity contribution in [1.82, 2.24) is 0 Å². The van der Waals surface area contributed by atoms with Crippen LogP contribution in [0.2, 0.25) is 0 Å². The molecule has 1 aromatic carbocycles. The van der Waals surface area contributed by atoms with E-state index in [0.717, 1.165) is 25.9 Å². The first-order valence-electron chi connectivity index (χ1n) is 6.49. The van der Waals surface area contributed by atoms with E-state index in [1.165, 1.54) is 13.2 Å². The molecule has 0 aliphatic carbocycles. The predicted octanol–water partition coefficient (Wildman–Crippen LogP) is 1.79.